The van der Waals surface area contributed by atoms with Crippen LogP contribution in [0.25, 0.3) is 20.9 Å². The highest BCUT2D eigenvalue weighted by atomic mass is 16.3. The minimum Gasteiger partial charge on any atom is -0.393 e. The van der Waals surface area contributed by atoms with Crippen LogP contribution in [0.2, 0.25) is 0 Å². The molecule has 0 bridgehead atoms. The van der Waals surface area contributed by atoms with Crippen molar-refractivity contribution in [1.29, 1.82) is 0 Å². The van der Waals surface area contributed by atoms with Crippen molar-refractivity contribution in [2.75, 3.05) is 6.54 Å². The maximum atomic E-state index is 9.71. The molecule has 94 valence electrons. The largest absolute Gasteiger partial charge is 0.393 e. The van der Waals surface area contributed by atoms with Gasteiger partial charge >= 0.3 is 0 Å². The Kier molecular flexibility index (Phi) is 6.25. The summed E-state index contributed by atoms with van der Waals surface area (Å²) in [5, 5.41) is 16.9. The topological polar surface area (TPSA) is 118 Å². The second kappa shape index (κ2) is 7.79. The molecule has 1 saturated carbocycles. The van der Waals surface area contributed by atoms with E-state index in [9.17, 15) is 5.11 Å². The Morgan fingerprint density at radius 1 is 1.18 bits per heavy atom. The number of rotatable bonds is 5. The lowest BCUT2D eigenvalue weighted by Gasteiger charge is -2.22. The molecule has 0 saturated heterocycles. The molecule has 7 heteroatoms. The average molecular weight is 238 g/mol. The van der Waals surface area contributed by atoms with Gasteiger partial charge in [-0.25, -0.2) is 0 Å². The fourth-order valence-electron chi connectivity index (χ4n) is 2.41. The molecule has 0 heterocycles. The van der Waals surface area contributed by atoms with E-state index in [1.165, 1.54) is 0 Å². The summed E-state index contributed by atoms with van der Waals surface area (Å²) in [7, 11) is 0. The van der Waals surface area contributed by atoms with Crippen LogP contribution < -0.4 is 0 Å². The van der Waals surface area contributed by atoms with Gasteiger partial charge in [0.1, 0.15) is 0 Å². The molecule has 0 radical (unpaired) electrons. The molecule has 0 unspecified atom stereocenters. The molecular weight excluding hydrogens is 220 g/mol. The first-order valence-electron chi connectivity index (χ1n) is 6.01. The van der Waals surface area contributed by atoms with Crippen LogP contribution in [0, 0.1) is 5.92 Å². The van der Waals surface area contributed by atoms with Gasteiger partial charge in [-0.3, -0.25) is 0 Å². The molecule has 0 amide bonds. The summed E-state index contributed by atoms with van der Waals surface area (Å²) in [4.78, 5) is 5.51. The molecule has 1 aliphatic rings. The van der Waals surface area contributed by atoms with Crippen molar-refractivity contribution in [3.8, 4) is 0 Å². The quantitative estimate of drug-likeness (QED) is 0.336. The van der Waals surface area contributed by atoms with Crippen LogP contribution in [-0.4, -0.2) is 23.8 Å². The molecule has 1 fully saturated rings. The lowest BCUT2D eigenvalue weighted by molar-refractivity contribution is 0.139. The fraction of sp³-hybridized carbons (Fsp3) is 1.00. The van der Waals surface area contributed by atoms with Crippen molar-refractivity contribution in [2.24, 2.45) is 16.1 Å². The third kappa shape index (κ3) is 4.95. The van der Waals surface area contributed by atoms with E-state index in [1.54, 1.807) is 0 Å². The lowest BCUT2D eigenvalue weighted by atomic mass is 9.90. The van der Waals surface area contributed by atoms with Gasteiger partial charge in [0.25, 0.3) is 0 Å². The second-order valence-corrected chi connectivity index (χ2v) is 4.47. The molecule has 1 aliphatic carbocycles. The van der Waals surface area contributed by atoms with E-state index >= 15 is 0 Å². The molecule has 0 spiro atoms. The summed E-state index contributed by atoms with van der Waals surface area (Å²) in [6.45, 7) is 0.0932. The third-order valence-electron chi connectivity index (χ3n) is 3.25. The molecule has 3 atom stereocenters. The minimum absolute atomic E-state index is 0.0248. The highest BCUT2D eigenvalue weighted by Gasteiger charge is 2.24. The van der Waals surface area contributed by atoms with Gasteiger partial charge in [-0.1, -0.05) is 29.5 Å². The molecule has 7 nitrogen and oxygen atoms in total. The first-order valence-corrected chi connectivity index (χ1v) is 6.01. The Morgan fingerprint density at radius 2 is 1.94 bits per heavy atom. The Labute approximate surface area is 100 Å². The predicted molar refractivity (Wildman–Crippen MR) is 64.1 cm³/mol. The number of hydrogen-bond acceptors (Lipinski definition) is 3. The summed E-state index contributed by atoms with van der Waals surface area (Å²) in [6.07, 6.45) is 5.11. The molecule has 0 aliphatic heterocycles. The van der Waals surface area contributed by atoms with Crippen LogP contribution in [-0.2, 0) is 0 Å². The van der Waals surface area contributed by atoms with Crippen molar-refractivity contribution in [2.45, 2.75) is 50.7 Å². The monoisotopic (exact) mass is 238 g/mol. The van der Waals surface area contributed by atoms with Gasteiger partial charge in [-0.05, 0) is 36.2 Å². The third-order valence-corrected chi connectivity index (χ3v) is 3.25. The van der Waals surface area contributed by atoms with Crippen LogP contribution in [0.15, 0.2) is 10.2 Å². The predicted octanol–water partition coefficient (Wildman–Crippen LogP) is 3.31. The van der Waals surface area contributed by atoms with Crippen molar-refractivity contribution in [3.05, 3.63) is 20.9 Å². The molecule has 0 aromatic carbocycles. The van der Waals surface area contributed by atoms with E-state index in [2.05, 4.69) is 20.1 Å². The number of hydrogen-bond donors (Lipinski definition) is 1. The van der Waals surface area contributed by atoms with Gasteiger partial charge in [0, 0.05) is 15.9 Å². The summed E-state index contributed by atoms with van der Waals surface area (Å²) >= 11 is 0. The fourth-order valence-corrected chi connectivity index (χ4v) is 2.41. The first kappa shape index (κ1) is 13.6. The Morgan fingerprint density at radius 3 is 2.65 bits per heavy atom. The minimum atomic E-state index is -0.634. The number of aliphatic hydroxyl groups is 1. The summed E-state index contributed by atoms with van der Waals surface area (Å²) in [6, 6.07) is -0.0248. The SMILES string of the molecule is [N-]=[N+]=NC[C@H](O)C[C@@H]1CCCCC[C@H]1N=[N+]=[N-]. The van der Waals surface area contributed by atoms with Crippen LogP contribution >= 0.6 is 0 Å². The van der Waals surface area contributed by atoms with Crippen LogP contribution in [0.4, 0.5) is 0 Å². The normalized spacial score (nSPS) is 26.2. The zero-order chi connectivity index (χ0) is 12.5. The van der Waals surface area contributed by atoms with Crippen LogP contribution in [0.3, 0.4) is 0 Å². The highest BCUT2D eigenvalue weighted by Crippen LogP contribution is 2.29. The summed E-state index contributed by atoms with van der Waals surface area (Å²) < 4.78 is 0. The van der Waals surface area contributed by atoms with Crippen LogP contribution in [0.1, 0.15) is 38.5 Å². The van der Waals surface area contributed by atoms with Gasteiger partial charge in [0.15, 0.2) is 0 Å². The number of nitrogens with zero attached hydrogens (tertiary/aromatic N) is 6. The lowest BCUT2D eigenvalue weighted by Crippen LogP contribution is -2.24. The molecule has 1 rings (SSSR count). The smallest absolute Gasteiger partial charge is 0.0599 e. The van der Waals surface area contributed by atoms with Gasteiger partial charge in [0.05, 0.1) is 12.6 Å². The maximum Gasteiger partial charge on any atom is 0.0599 e. The Hall–Kier alpha value is -1.42. The van der Waals surface area contributed by atoms with E-state index < -0.39 is 6.10 Å². The standard InChI is InChI=1S/C10H18N6O/c11-15-13-7-9(17)6-8-4-2-1-3-5-10(8)14-16-12/h8-10,17H,1-7H2/t8-,9+,10+/m0/s1. The zero-order valence-corrected chi connectivity index (χ0v) is 9.81. The van der Waals surface area contributed by atoms with Crippen molar-refractivity contribution >= 4 is 0 Å². The molecule has 1 N–H and O–H groups in total. The molecule has 17 heavy (non-hydrogen) atoms. The number of aliphatic hydroxyl groups excluding tert-OH is 1. The van der Waals surface area contributed by atoms with E-state index in [0.29, 0.717) is 6.42 Å². The van der Waals surface area contributed by atoms with Gasteiger partial charge in [0.2, 0.25) is 0 Å². The maximum absolute atomic E-state index is 9.71. The number of azide groups is 2. The summed E-state index contributed by atoms with van der Waals surface area (Å²) in [5.41, 5.74) is 16.7. The van der Waals surface area contributed by atoms with Crippen molar-refractivity contribution < 1.29 is 5.11 Å². The summed E-state index contributed by atoms with van der Waals surface area (Å²) in [5.74, 6) is 0.206. The van der Waals surface area contributed by atoms with E-state index in [-0.39, 0.29) is 18.5 Å². The average Bonchev–Trinajstić information content (AvgIpc) is 2.53. The molecular formula is C10H18N6O. The molecule has 0 aromatic rings. The van der Waals surface area contributed by atoms with Gasteiger partial charge in [-0.15, -0.1) is 0 Å². The van der Waals surface area contributed by atoms with E-state index in [1.807, 2.05) is 0 Å². The Bertz CT molecular complexity index is 321. The Balaban J connectivity index is 2.56. The van der Waals surface area contributed by atoms with Gasteiger partial charge < -0.3 is 5.11 Å². The van der Waals surface area contributed by atoms with Crippen molar-refractivity contribution in [1.82, 2.24) is 0 Å². The first-order chi connectivity index (χ1) is 8.27. The highest BCUT2D eigenvalue weighted by molar-refractivity contribution is 4.82. The zero-order valence-electron chi connectivity index (χ0n) is 9.81. The van der Waals surface area contributed by atoms with Crippen LogP contribution in [0.5, 0.6) is 0 Å². The molecule has 0 aromatic heterocycles. The van der Waals surface area contributed by atoms with E-state index in [0.717, 1.165) is 32.1 Å². The van der Waals surface area contributed by atoms with E-state index in [4.69, 9.17) is 11.1 Å². The van der Waals surface area contributed by atoms with Crippen molar-refractivity contribution in [3.63, 3.8) is 0 Å². The van der Waals surface area contributed by atoms with Gasteiger partial charge in [-0.2, -0.15) is 0 Å². The second-order valence-electron chi connectivity index (χ2n) is 4.47.